The van der Waals surface area contributed by atoms with Crippen molar-refractivity contribution in [1.82, 2.24) is 5.32 Å². The topological polar surface area (TPSA) is 50.4 Å². The third-order valence-corrected chi connectivity index (χ3v) is 4.55. The van der Waals surface area contributed by atoms with Gasteiger partial charge in [-0.2, -0.15) is 0 Å². The van der Waals surface area contributed by atoms with Gasteiger partial charge < -0.3 is 10.1 Å². The summed E-state index contributed by atoms with van der Waals surface area (Å²) in [4.78, 5) is 11.8. The van der Waals surface area contributed by atoms with E-state index in [-0.39, 0.29) is 0 Å². The van der Waals surface area contributed by atoms with E-state index in [1.807, 2.05) is 32.9 Å². The molecule has 1 saturated heterocycles. The van der Waals surface area contributed by atoms with Gasteiger partial charge in [0.05, 0.1) is 0 Å². The molecule has 0 spiro atoms. The van der Waals surface area contributed by atoms with Crippen molar-refractivity contribution in [2.24, 2.45) is 5.92 Å². The van der Waals surface area contributed by atoms with Gasteiger partial charge in [-0.15, -0.1) is 0 Å². The van der Waals surface area contributed by atoms with Gasteiger partial charge in [-0.3, -0.25) is 5.32 Å². The molecular weight excluding hydrogens is 312 g/mol. The molecule has 2 rings (SSSR count). The molecule has 0 aliphatic carbocycles. The molecule has 0 aromatic heterocycles. The highest BCUT2D eigenvalue weighted by Crippen LogP contribution is 2.35. The van der Waals surface area contributed by atoms with Crippen molar-refractivity contribution in [3.05, 3.63) is 28.8 Å². The number of benzene rings is 1. The van der Waals surface area contributed by atoms with Gasteiger partial charge in [0.1, 0.15) is 5.60 Å². The van der Waals surface area contributed by atoms with Crippen LogP contribution in [0.2, 0.25) is 5.02 Å². The molecule has 1 amide bonds. The van der Waals surface area contributed by atoms with Crippen LogP contribution in [0.25, 0.3) is 0 Å². The summed E-state index contributed by atoms with van der Waals surface area (Å²) in [6.07, 6.45) is 1.89. The number of anilines is 1. The molecule has 1 fully saturated rings. The first-order chi connectivity index (χ1) is 10.8. The minimum Gasteiger partial charge on any atom is -0.444 e. The van der Waals surface area contributed by atoms with Crippen molar-refractivity contribution in [1.29, 1.82) is 0 Å². The summed E-state index contributed by atoms with van der Waals surface area (Å²) in [7, 11) is 0. The molecule has 2 N–H and O–H groups in total. The number of halogens is 1. The standard InChI is InChI=1S/C18H27ClN2O2/c1-12(13-7-9-20-10-8-13)15-6-5-14(11-16(15)19)21-17(22)23-18(2,3)4/h5-6,11-13,20H,7-10H2,1-4H3,(H,21,22). The van der Waals surface area contributed by atoms with E-state index in [4.69, 9.17) is 16.3 Å². The first-order valence-electron chi connectivity index (χ1n) is 8.26. The van der Waals surface area contributed by atoms with Crippen LogP contribution >= 0.6 is 11.6 Å². The Hall–Kier alpha value is -1.26. The Morgan fingerprint density at radius 3 is 2.57 bits per heavy atom. The lowest BCUT2D eigenvalue weighted by atomic mass is 9.82. The van der Waals surface area contributed by atoms with Gasteiger partial charge in [0.15, 0.2) is 0 Å². The Kier molecular flexibility index (Phi) is 5.93. The monoisotopic (exact) mass is 338 g/mol. The fraction of sp³-hybridized carbons (Fsp3) is 0.611. The number of carbonyl (C=O) groups is 1. The molecule has 128 valence electrons. The van der Waals surface area contributed by atoms with E-state index in [1.54, 1.807) is 6.07 Å². The van der Waals surface area contributed by atoms with E-state index in [2.05, 4.69) is 17.6 Å². The van der Waals surface area contributed by atoms with Gasteiger partial charge in [-0.25, -0.2) is 4.79 Å². The van der Waals surface area contributed by atoms with Gasteiger partial charge in [0, 0.05) is 10.7 Å². The molecule has 1 aliphatic heterocycles. The highest BCUT2D eigenvalue weighted by Gasteiger charge is 2.23. The van der Waals surface area contributed by atoms with Crippen LogP contribution in [0, 0.1) is 5.92 Å². The highest BCUT2D eigenvalue weighted by molar-refractivity contribution is 6.31. The second-order valence-corrected chi connectivity index (χ2v) is 7.65. The van der Waals surface area contributed by atoms with Crippen LogP contribution in [0.3, 0.4) is 0 Å². The molecule has 5 heteroatoms. The molecule has 0 bridgehead atoms. The van der Waals surface area contributed by atoms with Crippen LogP contribution in [0.15, 0.2) is 18.2 Å². The molecule has 1 heterocycles. The average Bonchev–Trinajstić information content (AvgIpc) is 2.45. The van der Waals surface area contributed by atoms with Crippen molar-refractivity contribution in [3.8, 4) is 0 Å². The molecule has 1 unspecified atom stereocenters. The van der Waals surface area contributed by atoms with Gasteiger partial charge in [0.25, 0.3) is 0 Å². The third kappa shape index (κ3) is 5.40. The summed E-state index contributed by atoms with van der Waals surface area (Å²) in [5, 5.41) is 6.82. The number of rotatable bonds is 3. The summed E-state index contributed by atoms with van der Waals surface area (Å²) in [6, 6.07) is 5.71. The van der Waals surface area contributed by atoms with Gasteiger partial charge in [-0.1, -0.05) is 24.6 Å². The first-order valence-corrected chi connectivity index (χ1v) is 8.64. The summed E-state index contributed by atoms with van der Waals surface area (Å²) in [5.41, 5.74) is 1.29. The van der Waals surface area contributed by atoms with E-state index in [0.717, 1.165) is 18.7 Å². The quantitative estimate of drug-likeness (QED) is 0.833. The summed E-state index contributed by atoms with van der Waals surface area (Å²) in [6.45, 7) is 9.89. The summed E-state index contributed by atoms with van der Waals surface area (Å²) < 4.78 is 5.25. The Morgan fingerprint density at radius 1 is 1.35 bits per heavy atom. The molecule has 0 saturated carbocycles. The maximum atomic E-state index is 11.8. The molecule has 1 aliphatic rings. The van der Waals surface area contributed by atoms with Crippen LogP contribution in [0.1, 0.15) is 52.0 Å². The van der Waals surface area contributed by atoms with Crippen LogP contribution < -0.4 is 10.6 Å². The van der Waals surface area contributed by atoms with Crippen molar-refractivity contribution in [3.63, 3.8) is 0 Å². The molecule has 4 nitrogen and oxygen atoms in total. The number of nitrogens with one attached hydrogen (secondary N) is 2. The maximum absolute atomic E-state index is 11.8. The molecule has 0 radical (unpaired) electrons. The lowest BCUT2D eigenvalue weighted by Crippen LogP contribution is -2.30. The van der Waals surface area contributed by atoms with Crippen LogP contribution in [-0.4, -0.2) is 24.8 Å². The van der Waals surface area contributed by atoms with Crippen molar-refractivity contribution in [2.75, 3.05) is 18.4 Å². The average molecular weight is 339 g/mol. The summed E-state index contributed by atoms with van der Waals surface area (Å²) in [5.74, 6) is 1.07. The minimum atomic E-state index is -0.517. The predicted octanol–water partition coefficient (Wildman–Crippen LogP) is 4.79. The van der Waals surface area contributed by atoms with Crippen LogP contribution in [0.5, 0.6) is 0 Å². The molecule has 1 atom stereocenters. The second kappa shape index (κ2) is 7.54. The smallest absolute Gasteiger partial charge is 0.412 e. The number of ether oxygens (including phenoxy) is 1. The Balaban J connectivity index is 2.03. The Bertz CT molecular complexity index is 548. The lowest BCUT2D eigenvalue weighted by molar-refractivity contribution is 0.0636. The third-order valence-electron chi connectivity index (χ3n) is 4.23. The molecular formula is C18H27ClN2O2. The molecule has 1 aromatic rings. The summed E-state index contributed by atoms with van der Waals surface area (Å²) >= 11 is 6.45. The van der Waals surface area contributed by atoms with E-state index < -0.39 is 11.7 Å². The minimum absolute atomic E-state index is 0.417. The first kappa shape index (κ1) is 18.1. The van der Waals surface area contributed by atoms with Gasteiger partial charge in [-0.05, 0) is 76.2 Å². The number of piperidine rings is 1. The number of hydrogen-bond acceptors (Lipinski definition) is 3. The zero-order chi connectivity index (χ0) is 17.0. The fourth-order valence-electron chi connectivity index (χ4n) is 2.99. The highest BCUT2D eigenvalue weighted by atomic mass is 35.5. The predicted molar refractivity (Wildman–Crippen MR) is 95.3 cm³/mol. The van der Waals surface area contributed by atoms with E-state index in [0.29, 0.717) is 22.5 Å². The van der Waals surface area contributed by atoms with E-state index in [9.17, 15) is 4.79 Å². The van der Waals surface area contributed by atoms with Gasteiger partial charge >= 0.3 is 6.09 Å². The maximum Gasteiger partial charge on any atom is 0.412 e. The van der Waals surface area contributed by atoms with Crippen molar-refractivity contribution < 1.29 is 9.53 Å². The second-order valence-electron chi connectivity index (χ2n) is 7.24. The zero-order valence-corrected chi connectivity index (χ0v) is 15.2. The molecule has 1 aromatic carbocycles. The molecule has 23 heavy (non-hydrogen) atoms. The van der Waals surface area contributed by atoms with Gasteiger partial charge in [0.2, 0.25) is 0 Å². The van der Waals surface area contributed by atoms with Crippen LogP contribution in [0.4, 0.5) is 10.5 Å². The SMILES string of the molecule is CC(c1ccc(NC(=O)OC(C)(C)C)cc1Cl)C1CCNCC1. The van der Waals surface area contributed by atoms with Crippen molar-refractivity contribution >= 4 is 23.4 Å². The van der Waals surface area contributed by atoms with E-state index in [1.165, 1.54) is 12.8 Å². The zero-order valence-electron chi connectivity index (χ0n) is 14.4. The number of carbonyl (C=O) groups excluding carboxylic acids is 1. The fourth-order valence-corrected chi connectivity index (χ4v) is 3.35. The van der Waals surface area contributed by atoms with E-state index >= 15 is 0 Å². The largest absolute Gasteiger partial charge is 0.444 e. The number of hydrogen-bond donors (Lipinski definition) is 2. The lowest BCUT2D eigenvalue weighted by Gasteiger charge is -2.29. The normalized spacial score (nSPS) is 17.6. The van der Waals surface area contributed by atoms with Crippen molar-refractivity contribution in [2.45, 2.75) is 52.1 Å². The Labute approximate surface area is 143 Å². The Morgan fingerprint density at radius 2 is 2.00 bits per heavy atom. The van der Waals surface area contributed by atoms with Crippen LogP contribution in [-0.2, 0) is 4.74 Å². The number of amides is 1.